The number of anilines is 2. The van der Waals surface area contributed by atoms with E-state index in [1.165, 1.54) is 30.6 Å². The molecule has 0 atom stereocenters. The Morgan fingerprint density at radius 3 is 2.90 bits per heavy atom. The van der Waals surface area contributed by atoms with Gasteiger partial charge in [0.05, 0.1) is 11.4 Å². The van der Waals surface area contributed by atoms with Gasteiger partial charge >= 0.3 is 0 Å². The molecule has 0 aromatic heterocycles. The zero-order valence-corrected chi connectivity index (χ0v) is 12.8. The van der Waals surface area contributed by atoms with Crippen LogP contribution in [0, 0.1) is 11.8 Å². The van der Waals surface area contributed by atoms with E-state index in [0.29, 0.717) is 5.75 Å². The number of hydrogen-bond donors (Lipinski definition) is 2. The van der Waals surface area contributed by atoms with Crippen molar-refractivity contribution >= 4 is 29.0 Å². The molecule has 1 fully saturated rings. The van der Waals surface area contributed by atoms with E-state index < -0.39 is 0 Å². The Morgan fingerprint density at radius 1 is 1.30 bits per heavy atom. The molecule has 4 heteroatoms. The Labute approximate surface area is 124 Å². The Kier molecular flexibility index (Phi) is 4.20. The summed E-state index contributed by atoms with van der Waals surface area (Å²) < 4.78 is 0. The molecule has 1 amide bonds. The average molecular weight is 290 g/mol. The molecule has 2 aliphatic rings. The largest absolute Gasteiger partial charge is 0.385 e. The molecule has 0 saturated heterocycles. The highest BCUT2D eigenvalue weighted by Crippen LogP contribution is 2.34. The van der Waals surface area contributed by atoms with Crippen molar-refractivity contribution in [3.63, 3.8) is 0 Å². The summed E-state index contributed by atoms with van der Waals surface area (Å²) in [6.07, 6.45) is 5.41. The average Bonchev–Trinajstić information content (AvgIpc) is 2.46. The third kappa shape index (κ3) is 3.29. The number of carbonyl (C=O) groups excluding carboxylic acids is 1. The van der Waals surface area contributed by atoms with E-state index in [-0.39, 0.29) is 5.91 Å². The van der Waals surface area contributed by atoms with Crippen LogP contribution in [0.2, 0.25) is 0 Å². The van der Waals surface area contributed by atoms with Crippen molar-refractivity contribution in [1.29, 1.82) is 0 Å². The fourth-order valence-electron chi connectivity index (χ4n) is 2.99. The molecule has 0 unspecified atom stereocenters. The lowest BCUT2D eigenvalue weighted by atomic mass is 9.83. The van der Waals surface area contributed by atoms with Gasteiger partial charge in [-0.2, -0.15) is 0 Å². The molecule has 1 aromatic rings. The quantitative estimate of drug-likeness (QED) is 0.885. The fourth-order valence-corrected chi connectivity index (χ4v) is 3.78. The van der Waals surface area contributed by atoms with Crippen molar-refractivity contribution in [2.24, 2.45) is 11.8 Å². The van der Waals surface area contributed by atoms with Crippen LogP contribution >= 0.6 is 11.8 Å². The summed E-state index contributed by atoms with van der Waals surface area (Å²) in [6, 6.07) is 6.28. The Morgan fingerprint density at radius 2 is 2.10 bits per heavy atom. The highest BCUT2D eigenvalue weighted by atomic mass is 32.2. The van der Waals surface area contributed by atoms with Crippen LogP contribution in [-0.4, -0.2) is 18.2 Å². The van der Waals surface area contributed by atoms with E-state index in [1.807, 2.05) is 0 Å². The second kappa shape index (κ2) is 6.08. The van der Waals surface area contributed by atoms with E-state index in [1.54, 1.807) is 11.8 Å². The van der Waals surface area contributed by atoms with E-state index >= 15 is 0 Å². The predicted octanol–water partition coefficient (Wildman–Crippen LogP) is 3.97. The van der Waals surface area contributed by atoms with Crippen LogP contribution in [0.15, 0.2) is 23.1 Å². The minimum Gasteiger partial charge on any atom is -0.385 e. The molecule has 1 aliphatic heterocycles. The van der Waals surface area contributed by atoms with Gasteiger partial charge in [-0.1, -0.05) is 19.8 Å². The number of thioether (sulfide) groups is 1. The SMILES string of the molecule is CC1CCC(CNc2ccc3c(c2)NC(=O)CS3)CC1. The zero-order chi connectivity index (χ0) is 13.9. The lowest BCUT2D eigenvalue weighted by Gasteiger charge is -2.26. The first-order chi connectivity index (χ1) is 9.70. The van der Waals surface area contributed by atoms with Gasteiger partial charge in [-0.15, -0.1) is 11.8 Å². The topological polar surface area (TPSA) is 41.1 Å². The molecule has 1 heterocycles. The summed E-state index contributed by atoms with van der Waals surface area (Å²) in [5.74, 6) is 2.33. The maximum Gasteiger partial charge on any atom is 0.234 e. The van der Waals surface area contributed by atoms with Gasteiger partial charge in [0.2, 0.25) is 5.91 Å². The molecule has 0 bridgehead atoms. The Hall–Kier alpha value is -1.16. The molecule has 2 N–H and O–H groups in total. The van der Waals surface area contributed by atoms with Crippen molar-refractivity contribution in [2.45, 2.75) is 37.5 Å². The van der Waals surface area contributed by atoms with E-state index in [0.717, 1.165) is 29.8 Å². The summed E-state index contributed by atoms with van der Waals surface area (Å²) in [5.41, 5.74) is 2.07. The van der Waals surface area contributed by atoms with E-state index in [4.69, 9.17) is 0 Å². The van der Waals surface area contributed by atoms with Gasteiger partial charge in [0.25, 0.3) is 0 Å². The van der Waals surface area contributed by atoms with Gasteiger partial charge in [0.1, 0.15) is 0 Å². The third-order valence-electron chi connectivity index (χ3n) is 4.34. The molecular formula is C16H22N2OS. The molecule has 0 radical (unpaired) electrons. The van der Waals surface area contributed by atoms with E-state index in [9.17, 15) is 4.79 Å². The number of fused-ring (bicyclic) bond motifs is 1. The summed E-state index contributed by atoms with van der Waals surface area (Å²) >= 11 is 1.61. The van der Waals surface area contributed by atoms with Gasteiger partial charge in [-0.05, 0) is 42.9 Å². The minimum atomic E-state index is 0.0981. The summed E-state index contributed by atoms with van der Waals surface area (Å²) in [6.45, 7) is 3.40. The third-order valence-corrected chi connectivity index (χ3v) is 5.42. The number of hydrogen-bond acceptors (Lipinski definition) is 3. The summed E-state index contributed by atoms with van der Waals surface area (Å²) in [4.78, 5) is 12.6. The van der Waals surface area contributed by atoms with Gasteiger partial charge < -0.3 is 10.6 Å². The van der Waals surface area contributed by atoms with Crippen LogP contribution in [0.5, 0.6) is 0 Å². The van der Waals surface area contributed by atoms with Crippen LogP contribution in [0.4, 0.5) is 11.4 Å². The number of benzene rings is 1. The van der Waals surface area contributed by atoms with Crippen LogP contribution < -0.4 is 10.6 Å². The second-order valence-corrected chi connectivity index (χ2v) is 7.07. The van der Waals surface area contributed by atoms with Crippen LogP contribution in [-0.2, 0) is 4.79 Å². The second-order valence-electron chi connectivity index (χ2n) is 6.05. The lowest BCUT2D eigenvalue weighted by molar-refractivity contribution is -0.113. The normalized spacial score (nSPS) is 25.8. The fraction of sp³-hybridized carbons (Fsp3) is 0.562. The van der Waals surface area contributed by atoms with Crippen molar-refractivity contribution in [2.75, 3.05) is 22.9 Å². The van der Waals surface area contributed by atoms with Crippen molar-refractivity contribution in [3.05, 3.63) is 18.2 Å². The van der Waals surface area contributed by atoms with Gasteiger partial charge in [-0.25, -0.2) is 0 Å². The molecular weight excluding hydrogens is 268 g/mol. The van der Waals surface area contributed by atoms with Crippen molar-refractivity contribution in [1.82, 2.24) is 0 Å². The maximum absolute atomic E-state index is 11.4. The molecule has 3 rings (SSSR count). The Bertz CT molecular complexity index is 495. The number of rotatable bonds is 3. The first-order valence-electron chi connectivity index (χ1n) is 7.51. The van der Waals surface area contributed by atoms with E-state index in [2.05, 4.69) is 35.8 Å². The monoisotopic (exact) mass is 290 g/mol. The summed E-state index contributed by atoms with van der Waals surface area (Å²) in [7, 11) is 0. The molecule has 3 nitrogen and oxygen atoms in total. The highest BCUT2D eigenvalue weighted by Gasteiger charge is 2.18. The first kappa shape index (κ1) is 13.8. The molecule has 108 valence electrons. The van der Waals surface area contributed by atoms with Crippen molar-refractivity contribution in [3.8, 4) is 0 Å². The molecule has 0 spiro atoms. The predicted molar refractivity (Wildman–Crippen MR) is 85.4 cm³/mol. The maximum atomic E-state index is 11.4. The molecule has 1 aromatic carbocycles. The standard InChI is InChI=1S/C16H22N2OS/c1-11-2-4-12(5-3-11)9-17-13-6-7-15-14(8-13)18-16(19)10-20-15/h6-8,11-12,17H,2-5,9-10H2,1H3,(H,18,19). The Balaban J connectivity index is 1.58. The van der Waals surface area contributed by atoms with Gasteiger partial charge in [0, 0.05) is 17.1 Å². The molecule has 1 saturated carbocycles. The van der Waals surface area contributed by atoms with Crippen LogP contribution in [0.1, 0.15) is 32.6 Å². The van der Waals surface area contributed by atoms with Crippen LogP contribution in [0.3, 0.4) is 0 Å². The minimum absolute atomic E-state index is 0.0981. The summed E-state index contributed by atoms with van der Waals surface area (Å²) in [5, 5.41) is 6.48. The molecule has 1 aliphatic carbocycles. The lowest BCUT2D eigenvalue weighted by Crippen LogP contribution is -2.21. The number of nitrogens with one attached hydrogen (secondary N) is 2. The van der Waals surface area contributed by atoms with Gasteiger partial charge in [-0.3, -0.25) is 4.79 Å². The van der Waals surface area contributed by atoms with Crippen molar-refractivity contribution < 1.29 is 4.79 Å². The zero-order valence-electron chi connectivity index (χ0n) is 11.9. The van der Waals surface area contributed by atoms with Crippen LogP contribution in [0.25, 0.3) is 0 Å². The van der Waals surface area contributed by atoms with Gasteiger partial charge in [0.15, 0.2) is 0 Å². The number of amides is 1. The first-order valence-corrected chi connectivity index (χ1v) is 8.50. The molecule has 20 heavy (non-hydrogen) atoms. The highest BCUT2D eigenvalue weighted by molar-refractivity contribution is 8.00. The smallest absolute Gasteiger partial charge is 0.234 e. The number of carbonyl (C=O) groups is 1.